The lowest BCUT2D eigenvalue weighted by Gasteiger charge is -2.18. The first-order valence-corrected chi connectivity index (χ1v) is 4.99. The molecule has 4 heteroatoms. The van der Waals surface area contributed by atoms with Gasteiger partial charge in [-0.25, -0.2) is 4.79 Å². The molecule has 0 radical (unpaired) electrons. The van der Waals surface area contributed by atoms with E-state index in [1.165, 1.54) is 0 Å². The molecular formula is C12H14O4. The van der Waals surface area contributed by atoms with E-state index in [-0.39, 0.29) is 5.92 Å². The number of hydrogen-bond donors (Lipinski definition) is 1. The second-order valence-electron chi connectivity index (χ2n) is 3.81. The summed E-state index contributed by atoms with van der Waals surface area (Å²) >= 11 is 0. The number of aldehydes is 1. The monoisotopic (exact) mass is 222 g/mol. The van der Waals surface area contributed by atoms with Crippen molar-refractivity contribution in [2.45, 2.75) is 20.0 Å². The Morgan fingerprint density at radius 2 is 1.88 bits per heavy atom. The van der Waals surface area contributed by atoms with Crippen molar-refractivity contribution in [1.82, 2.24) is 0 Å². The van der Waals surface area contributed by atoms with Crippen LogP contribution in [-0.4, -0.2) is 23.5 Å². The summed E-state index contributed by atoms with van der Waals surface area (Å²) in [6, 6.07) is 6.34. The van der Waals surface area contributed by atoms with Crippen LogP contribution in [0.15, 0.2) is 24.3 Å². The Morgan fingerprint density at radius 1 is 1.31 bits per heavy atom. The van der Waals surface area contributed by atoms with Crippen molar-refractivity contribution in [2.75, 3.05) is 0 Å². The zero-order valence-corrected chi connectivity index (χ0v) is 9.21. The highest BCUT2D eigenvalue weighted by Crippen LogP contribution is 2.16. The molecule has 1 rings (SSSR count). The standard InChI is InChI=1S/C12H14O4/c1-8(2)11(12(14)15)16-10-5-3-9(7-13)4-6-10/h3-8,11H,1-2H3,(H,14,15). The van der Waals surface area contributed by atoms with Crippen molar-refractivity contribution in [1.29, 1.82) is 0 Å². The molecule has 1 aromatic carbocycles. The van der Waals surface area contributed by atoms with Crippen LogP contribution in [0, 0.1) is 5.92 Å². The van der Waals surface area contributed by atoms with E-state index in [4.69, 9.17) is 9.84 Å². The quantitative estimate of drug-likeness (QED) is 0.774. The fraction of sp³-hybridized carbons (Fsp3) is 0.333. The van der Waals surface area contributed by atoms with Gasteiger partial charge in [-0.05, 0) is 24.3 Å². The smallest absolute Gasteiger partial charge is 0.345 e. The summed E-state index contributed by atoms with van der Waals surface area (Å²) < 4.78 is 5.32. The first-order chi connectivity index (χ1) is 7.54. The van der Waals surface area contributed by atoms with Crippen LogP contribution in [0.5, 0.6) is 5.75 Å². The minimum absolute atomic E-state index is 0.122. The van der Waals surface area contributed by atoms with Gasteiger partial charge in [0.1, 0.15) is 12.0 Å². The Hall–Kier alpha value is -1.84. The molecule has 0 aliphatic carbocycles. The van der Waals surface area contributed by atoms with E-state index in [1.807, 2.05) is 0 Å². The molecule has 0 fully saturated rings. The summed E-state index contributed by atoms with van der Waals surface area (Å²) in [6.07, 6.45) is -0.150. The van der Waals surface area contributed by atoms with Gasteiger partial charge in [0.25, 0.3) is 0 Å². The summed E-state index contributed by atoms with van der Waals surface area (Å²) in [4.78, 5) is 21.3. The third-order valence-electron chi connectivity index (χ3n) is 2.13. The number of aliphatic carboxylic acids is 1. The summed E-state index contributed by atoms with van der Waals surface area (Å²) in [5, 5.41) is 8.92. The number of carbonyl (C=O) groups is 2. The third kappa shape index (κ3) is 3.08. The van der Waals surface area contributed by atoms with Gasteiger partial charge in [-0.2, -0.15) is 0 Å². The van der Waals surface area contributed by atoms with E-state index < -0.39 is 12.1 Å². The van der Waals surface area contributed by atoms with Gasteiger partial charge in [0, 0.05) is 11.5 Å². The molecule has 0 spiro atoms. The van der Waals surface area contributed by atoms with Gasteiger partial charge < -0.3 is 9.84 Å². The minimum Gasteiger partial charge on any atom is -0.478 e. The highest BCUT2D eigenvalue weighted by Gasteiger charge is 2.23. The summed E-state index contributed by atoms with van der Waals surface area (Å²) in [6.45, 7) is 3.55. The predicted molar refractivity (Wildman–Crippen MR) is 58.7 cm³/mol. The largest absolute Gasteiger partial charge is 0.478 e. The lowest BCUT2D eigenvalue weighted by atomic mass is 10.1. The first-order valence-electron chi connectivity index (χ1n) is 4.99. The highest BCUT2D eigenvalue weighted by atomic mass is 16.5. The Labute approximate surface area is 93.9 Å². The van der Waals surface area contributed by atoms with Crippen LogP contribution in [-0.2, 0) is 4.79 Å². The van der Waals surface area contributed by atoms with Gasteiger partial charge in [0.05, 0.1) is 0 Å². The Bertz CT molecular complexity index is 367. The molecule has 16 heavy (non-hydrogen) atoms. The Morgan fingerprint density at radius 3 is 2.25 bits per heavy atom. The summed E-state index contributed by atoms with van der Waals surface area (Å²) in [7, 11) is 0. The molecule has 1 unspecified atom stereocenters. The molecule has 0 amide bonds. The number of carboxylic acid groups (broad SMARTS) is 1. The molecule has 1 aromatic rings. The van der Waals surface area contributed by atoms with E-state index in [1.54, 1.807) is 38.1 Å². The molecule has 1 atom stereocenters. The normalized spacial score (nSPS) is 12.2. The van der Waals surface area contributed by atoms with Crippen molar-refractivity contribution >= 4 is 12.3 Å². The van der Waals surface area contributed by atoms with Crippen LogP contribution >= 0.6 is 0 Å². The second kappa shape index (κ2) is 5.30. The number of carbonyl (C=O) groups excluding carboxylic acids is 1. The van der Waals surface area contributed by atoms with Crippen molar-refractivity contribution in [2.24, 2.45) is 5.92 Å². The molecule has 4 nitrogen and oxygen atoms in total. The molecular weight excluding hydrogens is 208 g/mol. The van der Waals surface area contributed by atoms with Crippen molar-refractivity contribution in [3.63, 3.8) is 0 Å². The van der Waals surface area contributed by atoms with Crippen LogP contribution in [0.3, 0.4) is 0 Å². The maximum Gasteiger partial charge on any atom is 0.345 e. The fourth-order valence-electron chi connectivity index (χ4n) is 1.24. The second-order valence-corrected chi connectivity index (χ2v) is 3.81. The topological polar surface area (TPSA) is 63.6 Å². The number of hydrogen-bond acceptors (Lipinski definition) is 3. The highest BCUT2D eigenvalue weighted by molar-refractivity contribution is 5.75. The first kappa shape index (κ1) is 12.2. The van der Waals surface area contributed by atoms with Crippen LogP contribution in [0.25, 0.3) is 0 Å². The maximum absolute atomic E-state index is 10.9. The molecule has 1 N–H and O–H groups in total. The molecule has 0 aliphatic rings. The molecule has 0 bridgehead atoms. The van der Waals surface area contributed by atoms with E-state index in [0.717, 1.165) is 6.29 Å². The van der Waals surface area contributed by atoms with E-state index in [9.17, 15) is 9.59 Å². The van der Waals surface area contributed by atoms with Gasteiger partial charge in [-0.1, -0.05) is 13.8 Å². The minimum atomic E-state index is -0.991. The van der Waals surface area contributed by atoms with E-state index in [0.29, 0.717) is 11.3 Å². The van der Waals surface area contributed by atoms with E-state index in [2.05, 4.69) is 0 Å². The number of benzene rings is 1. The van der Waals surface area contributed by atoms with Crippen LogP contribution in [0.2, 0.25) is 0 Å². The molecule has 0 aliphatic heterocycles. The molecule has 0 heterocycles. The van der Waals surface area contributed by atoms with Crippen molar-refractivity contribution < 1.29 is 19.4 Å². The molecule has 86 valence electrons. The van der Waals surface area contributed by atoms with Crippen molar-refractivity contribution in [3.8, 4) is 5.75 Å². The number of rotatable bonds is 5. The lowest BCUT2D eigenvalue weighted by molar-refractivity contribution is -0.147. The zero-order chi connectivity index (χ0) is 12.1. The average molecular weight is 222 g/mol. The Balaban J connectivity index is 2.77. The number of carboxylic acids is 1. The summed E-state index contributed by atoms with van der Waals surface area (Å²) in [5.41, 5.74) is 0.531. The predicted octanol–water partition coefficient (Wildman–Crippen LogP) is 1.99. The molecule has 0 saturated carbocycles. The van der Waals surface area contributed by atoms with Gasteiger partial charge in [0.15, 0.2) is 6.10 Å². The van der Waals surface area contributed by atoms with Crippen molar-refractivity contribution in [3.05, 3.63) is 29.8 Å². The Kier molecular flexibility index (Phi) is 4.05. The third-order valence-corrected chi connectivity index (χ3v) is 2.13. The van der Waals surface area contributed by atoms with Crippen LogP contribution in [0.4, 0.5) is 0 Å². The summed E-state index contributed by atoms with van der Waals surface area (Å²) in [5.74, 6) is -0.663. The van der Waals surface area contributed by atoms with Gasteiger partial charge in [-0.3, -0.25) is 4.79 Å². The fourth-order valence-corrected chi connectivity index (χ4v) is 1.24. The maximum atomic E-state index is 10.9. The van der Waals surface area contributed by atoms with Gasteiger partial charge in [0.2, 0.25) is 0 Å². The molecule has 0 aromatic heterocycles. The average Bonchev–Trinajstić information content (AvgIpc) is 2.25. The lowest BCUT2D eigenvalue weighted by Crippen LogP contribution is -2.32. The van der Waals surface area contributed by atoms with Crippen LogP contribution in [0.1, 0.15) is 24.2 Å². The number of ether oxygens (including phenoxy) is 1. The zero-order valence-electron chi connectivity index (χ0n) is 9.21. The van der Waals surface area contributed by atoms with E-state index >= 15 is 0 Å². The van der Waals surface area contributed by atoms with Gasteiger partial charge in [-0.15, -0.1) is 0 Å². The SMILES string of the molecule is CC(C)C(Oc1ccc(C=O)cc1)C(=O)O. The molecule has 0 saturated heterocycles. The van der Waals surface area contributed by atoms with Gasteiger partial charge >= 0.3 is 5.97 Å². The van der Waals surface area contributed by atoms with Crippen LogP contribution < -0.4 is 4.74 Å².